The molecule has 1 unspecified atom stereocenters. The number of pyridine rings is 1. The summed E-state index contributed by atoms with van der Waals surface area (Å²) in [5.74, 6) is 1.12. The Kier molecular flexibility index (Phi) is 5.93. The number of rotatable bonds is 2. The Morgan fingerprint density at radius 3 is 2.74 bits per heavy atom. The molecule has 122 valence electrons. The summed E-state index contributed by atoms with van der Waals surface area (Å²) in [7, 11) is 0. The van der Waals surface area contributed by atoms with Gasteiger partial charge < -0.3 is 10.3 Å². The van der Waals surface area contributed by atoms with Crippen molar-refractivity contribution in [2.24, 2.45) is 5.92 Å². The summed E-state index contributed by atoms with van der Waals surface area (Å²) < 4.78 is 0. The number of nitrogens with one attached hydrogen (secondary N) is 2. The fourth-order valence-corrected chi connectivity index (χ4v) is 2.84. The van der Waals surface area contributed by atoms with Crippen molar-refractivity contribution >= 4 is 40.3 Å². The lowest BCUT2D eigenvalue weighted by atomic mass is 9.90. The molecule has 1 aromatic heterocycles. The highest BCUT2D eigenvalue weighted by Gasteiger charge is 2.14. The van der Waals surface area contributed by atoms with Gasteiger partial charge in [0.25, 0.3) is 5.56 Å². The van der Waals surface area contributed by atoms with Crippen LogP contribution in [0.3, 0.4) is 0 Å². The lowest BCUT2D eigenvalue weighted by Gasteiger charge is -2.14. The van der Waals surface area contributed by atoms with Crippen LogP contribution in [0.25, 0.3) is 10.8 Å². The van der Waals surface area contributed by atoms with Crippen LogP contribution in [0.4, 0.5) is 5.69 Å². The molecule has 2 N–H and O–H groups in total. The molecular weight excluding hydrogens is 316 g/mol. The average molecular weight is 335 g/mol. The van der Waals surface area contributed by atoms with Crippen LogP contribution in [0.5, 0.6) is 0 Å². The maximum Gasteiger partial charge on any atom is 0.255 e. The summed E-state index contributed by atoms with van der Waals surface area (Å²) in [6, 6.07) is 4.92. The third-order valence-electron chi connectivity index (χ3n) is 3.80. The second kappa shape index (κ2) is 7.92. The first-order valence-electron chi connectivity index (χ1n) is 7.54. The van der Waals surface area contributed by atoms with E-state index in [0.717, 1.165) is 24.6 Å². The van der Waals surface area contributed by atoms with E-state index in [-0.39, 0.29) is 5.56 Å². The first-order chi connectivity index (χ1) is 11.0. The van der Waals surface area contributed by atoms with Gasteiger partial charge in [-0.15, -0.1) is 0 Å². The molecule has 0 spiro atoms. The molecule has 0 bridgehead atoms. The summed E-state index contributed by atoms with van der Waals surface area (Å²) in [5.41, 5.74) is 0.289. The zero-order chi connectivity index (χ0) is 16.8. The number of anilines is 1. The van der Waals surface area contributed by atoms with Crippen LogP contribution in [0, 0.1) is 5.92 Å². The molecule has 1 aliphatic rings. The number of benzene rings is 1. The molecule has 1 fully saturated rings. The van der Waals surface area contributed by atoms with Gasteiger partial charge in [-0.3, -0.25) is 14.4 Å². The smallest absolute Gasteiger partial charge is 0.255 e. The van der Waals surface area contributed by atoms with Gasteiger partial charge in [0.2, 0.25) is 6.41 Å². The maximum atomic E-state index is 11.4. The SMILES string of the molecule is CC1CCCC(=O)C1.O=CNc1cc2cc[nH]c(=O)c2cc1Cl. The molecule has 6 heteroatoms. The van der Waals surface area contributed by atoms with Crippen molar-refractivity contribution in [1.29, 1.82) is 0 Å². The first-order valence-corrected chi connectivity index (χ1v) is 7.92. The predicted molar refractivity (Wildman–Crippen MR) is 91.9 cm³/mol. The Morgan fingerprint density at radius 1 is 1.35 bits per heavy atom. The molecular formula is C17H19ClN2O3. The van der Waals surface area contributed by atoms with Crippen molar-refractivity contribution in [2.45, 2.75) is 32.6 Å². The summed E-state index contributed by atoms with van der Waals surface area (Å²) in [5, 5.41) is 4.03. The van der Waals surface area contributed by atoms with Crippen LogP contribution < -0.4 is 10.9 Å². The molecule has 23 heavy (non-hydrogen) atoms. The summed E-state index contributed by atoms with van der Waals surface area (Å²) in [4.78, 5) is 34.9. The van der Waals surface area contributed by atoms with Gasteiger partial charge in [-0.1, -0.05) is 18.5 Å². The number of H-pyrrole nitrogens is 1. The topological polar surface area (TPSA) is 79.0 Å². The number of ketones is 1. The van der Waals surface area contributed by atoms with Crippen LogP contribution in [-0.2, 0) is 9.59 Å². The summed E-state index contributed by atoms with van der Waals surface area (Å²) >= 11 is 5.88. The lowest BCUT2D eigenvalue weighted by molar-refractivity contribution is -0.121. The highest BCUT2D eigenvalue weighted by atomic mass is 35.5. The average Bonchev–Trinajstić information content (AvgIpc) is 2.50. The molecule has 1 heterocycles. The van der Waals surface area contributed by atoms with Gasteiger partial charge in [0.05, 0.1) is 10.7 Å². The molecule has 5 nitrogen and oxygen atoms in total. The third kappa shape index (κ3) is 4.66. The van der Waals surface area contributed by atoms with Gasteiger partial charge in [-0.05, 0) is 42.3 Å². The van der Waals surface area contributed by atoms with Gasteiger partial charge in [-0.2, -0.15) is 0 Å². The van der Waals surface area contributed by atoms with Crippen molar-refractivity contribution in [3.05, 3.63) is 39.8 Å². The molecule has 1 aromatic carbocycles. The highest BCUT2D eigenvalue weighted by molar-refractivity contribution is 6.34. The number of carbonyl (C=O) groups is 2. The van der Waals surface area contributed by atoms with Crippen LogP contribution in [-0.4, -0.2) is 17.2 Å². The fraction of sp³-hybridized carbons (Fsp3) is 0.353. The van der Waals surface area contributed by atoms with Crippen LogP contribution in [0.2, 0.25) is 5.02 Å². The number of halogens is 1. The second-order valence-electron chi connectivity index (χ2n) is 5.73. The van der Waals surface area contributed by atoms with Gasteiger partial charge in [0.15, 0.2) is 0 Å². The summed E-state index contributed by atoms with van der Waals surface area (Å²) in [6.45, 7) is 2.15. The number of Topliss-reactive ketones (excluding diaryl/α,β-unsaturated/α-hetero) is 1. The molecule has 1 atom stereocenters. The zero-order valence-corrected chi connectivity index (χ0v) is 13.7. The van der Waals surface area contributed by atoms with Gasteiger partial charge in [0.1, 0.15) is 5.78 Å². The van der Waals surface area contributed by atoms with Crippen LogP contribution >= 0.6 is 11.6 Å². The molecule has 1 aliphatic carbocycles. The molecule has 0 radical (unpaired) electrons. The molecule has 1 saturated carbocycles. The van der Waals surface area contributed by atoms with E-state index in [0.29, 0.717) is 34.2 Å². The van der Waals surface area contributed by atoms with E-state index in [2.05, 4.69) is 17.2 Å². The van der Waals surface area contributed by atoms with Gasteiger partial charge >= 0.3 is 0 Å². The number of hydrogen-bond acceptors (Lipinski definition) is 3. The van der Waals surface area contributed by atoms with Crippen molar-refractivity contribution in [3.8, 4) is 0 Å². The van der Waals surface area contributed by atoms with E-state index in [9.17, 15) is 14.4 Å². The first kappa shape index (κ1) is 17.2. The van der Waals surface area contributed by atoms with E-state index in [1.165, 1.54) is 12.5 Å². The number of fused-ring (bicyclic) bond motifs is 1. The number of aromatic amines is 1. The lowest BCUT2D eigenvalue weighted by Crippen LogP contribution is -2.11. The van der Waals surface area contributed by atoms with E-state index in [1.54, 1.807) is 18.3 Å². The second-order valence-corrected chi connectivity index (χ2v) is 6.14. The minimum absolute atomic E-state index is 0.202. The third-order valence-corrected chi connectivity index (χ3v) is 4.12. The Balaban J connectivity index is 0.000000203. The number of hydrogen-bond donors (Lipinski definition) is 2. The van der Waals surface area contributed by atoms with E-state index >= 15 is 0 Å². The molecule has 2 aromatic rings. The van der Waals surface area contributed by atoms with E-state index in [4.69, 9.17) is 11.6 Å². The minimum Gasteiger partial charge on any atom is -0.329 e. The predicted octanol–water partition coefficient (Wildman–Crippen LogP) is 3.52. The van der Waals surface area contributed by atoms with Crippen LogP contribution in [0.15, 0.2) is 29.2 Å². The van der Waals surface area contributed by atoms with Gasteiger partial charge in [0, 0.05) is 24.4 Å². The monoisotopic (exact) mass is 334 g/mol. The quantitative estimate of drug-likeness (QED) is 0.825. The minimum atomic E-state index is -0.202. The number of aromatic nitrogens is 1. The Hall–Kier alpha value is -2.14. The van der Waals surface area contributed by atoms with Crippen LogP contribution in [0.1, 0.15) is 32.6 Å². The molecule has 0 aliphatic heterocycles. The normalized spacial score (nSPS) is 17.3. The zero-order valence-electron chi connectivity index (χ0n) is 12.9. The van der Waals surface area contributed by atoms with Crippen molar-refractivity contribution in [3.63, 3.8) is 0 Å². The molecule has 3 rings (SSSR count). The Bertz CT molecular complexity index is 770. The van der Waals surface area contributed by atoms with Crippen molar-refractivity contribution in [1.82, 2.24) is 4.98 Å². The number of amides is 1. The van der Waals surface area contributed by atoms with E-state index in [1.807, 2.05) is 0 Å². The largest absolute Gasteiger partial charge is 0.329 e. The maximum absolute atomic E-state index is 11.4. The molecule has 0 saturated heterocycles. The van der Waals surface area contributed by atoms with E-state index < -0.39 is 0 Å². The highest BCUT2D eigenvalue weighted by Crippen LogP contribution is 2.25. The van der Waals surface area contributed by atoms with Gasteiger partial charge in [-0.25, -0.2) is 0 Å². The van der Waals surface area contributed by atoms with Crippen molar-refractivity contribution in [2.75, 3.05) is 5.32 Å². The Morgan fingerprint density at radius 2 is 2.13 bits per heavy atom. The number of carbonyl (C=O) groups excluding carboxylic acids is 2. The molecule has 1 amide bonds. The summed E-state index contributed by atoms with van der Waals surface area (Å²) in [6.07, 6.45) is 6.14. The fourth-order valence-electron chi connectivity index (χ4n) is 2.62. The Labute approximate surface area is 139 Å². The van der Waals surface area contributed by atoms with Crippen molar-refractivity contribution < 1.29 is 9.59 Å². The standard InChI is InChI=1S/C10H7ClN2O2.C7H12O/c11-8-4-7-6(1-2-12-10(7)15)3-9(8)13-5-14;1-6-3-2-4-7(8)5-6/h1-5H,(H,12,15)(H,13,14);6H,2-5H2,1H3.